The molecule has 0 bridgehead atoms. The van der Waals surface area contributed by atoms with Crippen LogP contribution in [0.2, 0.25) is 5.02 Å². The third-order valence-electron chi connectivity index (χ3n) is 1.39. The molecule has 2 aromatic rings. The molecule has 0 amide bonds. The van der Waals surface area contributed by atoms with Crippen LogP contribution in [0.1, 0.15) is 0 Å². The molecule has 0 spiro atoms. The summed E-state index contributed by atoms with van der Waals surface area (Å²) in [6, 6.07) is 5.24. The fraction of sp³-hybridized carbons (Fsp3) is 0. The quantitative estimate of drug-likeness (QED) is 0.440. The summed E-state index contributed by atoms with van der Waals surface area (Å²) in [6.07, 6.45) is 6.15. The van der Waals surface area contributed by atoms with Crippen LogP contribution >= 0.6 is 11.6 Å². The van der Waals surface area contributed by atoms with Crippen molar-refractivity contribution in [2.45, 2.75) is 0 Å². The van der Waals surface area contributed by atoms with Crippen LogP contribution in [0.4, 0.5) is 0 Å². The Balaban J connectivity index is 0.000000845. The van der Waals surface area contributed by atoms with Gasteiger partial charge in [-0.3, -0.25) is 10.1 Å². The number of aromatic nitrogens is 3. The van der Waals surface area contributed by atoms with E-state index in [0.29, 0.717) is 10.8 Å². The second-order valence-electron chi connectivity index (χ2n) is 2.18. The molecule has 0 N–H and O–H groups in total. The van der Waals surface area contributed by atoms with E-state index in [1.165, 1.54) is 4.68 Å². The molecule has 0 aliphatic carbocycles. The van der Waals surface area contributed by atoms with E-state index < -0.39 is 0 Å². The average Bonchev–Trinajstić information content (AvgIpc) is 2.57. The Kier molecular flexibility index (Phi) is 6.11. The van der Waals surface area contributed by atoms with Crippen LogP contribution in [0.15, 0.2) is 30.6 Å². The molecule has 0 aromatic carbocycles. The Hall–Kier alpha value is -0.294. The smallest absolute Gasteiger partial charge is 1.00 e. The van der Waals surface area contributed by atoms with Crippen molar-refractivity contribution in [2.24, 2.45) is 0 Å². The number of pyridine rings is 1. The molecule has 0 radical (unpaired) electrons. The molecule has 3 nitrogen and oxygen atoms in total. The fourth-order valence-electron chi connectivity index (χ4n) is 0.886. The minimum absolute atomic E-state index is 0. The van der Waals surface area contributed by atoms with Gasteiger partial charge in [-0.25, -0.2) is 0 Å². The Morgan fingerprint density at radius 3 is 2.71 bits per heavy atom. The number of rotatable bonds is 1. The SMILES string of the molecule is Clc1cccnc1-n1[c-]ccn1.[Cl-].[Mg+2]. The van der Waals surface area contributed by atoms with Gasteiger partial charge in [0.15, 0.2) is 0 Å². The van der Waals surface area contributed by atoms with Gasteiger partial charge in [0.1, 0.15) is 0 Å². The van der Waals surface area contributed by atoms with Crippen molar-refractivity contribution < 1.29 is 12.4 Å². The molecule has 68 valence electrons. The summed E-state index contributed by atoms with van der Waals surface area (Å²) in [6.45, 7) is 0. The average molecular weight is 238 g/mol. The minimum atomic E-state index is 0. The van der Waals surface area contributed by atoms with Gasteiger partial charge in [0.25, 0.3) is 0 Å². The molecule has 14 heavy (non-hydrogen) atoms. The molecule has 0 aliphatic rings. The summed E-state index contributed by atoms with van der Waals surface area (Å²) in [7, 11) is 0. The van der Waals surface area contributed by atoms with Gasteiger partial charge in [0, 0.05) is 11.2 Å². The summed E-state index contributed by atoms with van der Waals surface area (Å²) in [5, 5.41) is 4.53. The largest absolute Gasteiger partial charge is 2.00 e. The summed E-state index contributed by atoms with van der Waals surface area (Å²) in [5.41, 5.74) is 0. The van der Waals surface area contributed by atoms with E-state index in [0.717, 1.165) is 0 Å². The molecule has 0 unspecified atom stereocenters. The van der Waals surface area contributed by atoms with Crippen molar-refractivity contribution in [3.63, 3.8) is 0 Å². The van der Waals surface area contributed by atoms with Gasteiger partial charge in [-0.15, -0.1) is 6.07 Å². The zero-order valence-electron chi connectivity index (χ0n) is 7.19. The third kappa shape index (κ3) is 2.85. The number of halogens is 2. The van der Waals surface area contributed by atoms with E-state index in [4.69, 9.17) is 11.6 Å². The summed E-state index contributed by atoms with van der Waals surface area (Å²) in [5.74, 6) is 0.601. The van der Waals surface area contributed by atoms with Gasteiger partial charge < -0.3 is 17.1 Å². The van der Waals surface area contributed by atoms with E-state index >= 15 is 0 Å². The Morgan fingerprint density at radius 2 is 2.14 bits per heavy atom. The van der Waals surface area contributed by atoms with Crippen molar-refractivity contribution in [3.8, 4) is 5.82 Å². The van der Waals surface area contributed by atoms with Crippen LogP contribution in [0.3, 0.4) is 0 Å². The summed E-state index contributed by atoms with van der Waals surface area (Å²) >= 11 is 5.87. The molecule has 2 rings (SSSR count). The molecule has 0 saturated heterocycles. The van der Waals surface area contributed by atoms with Crippen molar-refractivity contribution in [3.05, 3.63) is 41.8 Å². The van der Waals surface area contributed by atoms with Gasteiger partial charge in [-0.2, -0.15) is 0 Å². The Morgan fingerprint density at radius 1 is 1.36 bits per heavy atom. The van der Waals surface area contributed by atoms with Crippen molar-refractivity contribution in [2.75, 3.05) is 0 Å². The van der Waals surface area contributed by atoms with Gasteiger partial charge in [-0.05, 0) is 6.07 Å². The van der Waals surface area contributed by atoms with Crippen LogP contribution in [0.5, 0.6) is 0 Å². The van der Waals surface area contributed by atoms with Crippen LogP contribution in [0, 0.1) is 6.20 Å². The molecule has 2 aromatic heterocycles. The van der Waals surface area contributed by atoms with Crippen molar-refractivity contribution in [1.82, 2.24) is 14.8 Å². The van der Waals surface area contributed by atoms with E-state index in [-0.39, 0.29) is 35.5 Å². The Labute approximate surface area is 109 Å². The molecular formula is C8H5Cl2MgN3. The second kappa shape index (κ2) is 6.24. The van der Waals surface area contributed by atoms with E-state index in [2.05, 4.69) is 16.3 Å². The number of hydrogen-bond donors (Lipinski definition) is 0. The summed E-state index contributed by atoms with van der Waals surface area (Å²) in [4.78, 5) is 4.06. The van der Waals surface area contributed by atoms with Crippen LogP contribution < -0.4 is 12.4 Å². The van der Waals surface area contributed by atoms with Gasteiger partial charge in [-0.1, -0.05) is 30.1 Å². The third-order valence-corrected chi connectivity index (χ3v) is 1.69. The molecular weight excluding hydrogens is 233 g/mol. The van der Waals surface area contributed by atoms with Crippen molar-refractivity contribution >= 4 is 34.7 Å². The molecule has 0 fully saturated rings. The normalized spacial score (nSPS) is 8.64. The maximum Gasteiger partial charge on any atom is 2.00 e. The fourth-order valence-corrected chi connectivity index (χ4v) is 1.09. The maximum atomic E-state index is 5.87. The predicted octanol–water partition coefficient (Wildman–Crippen LogP) is -1.66. The molecule has 6 heteroatoms. The molecule has 0 saturated carbocycles. The second-order valence-corrected chi connectivity index (χ2v) is 2.59. The standard InChI is InChI=1S/C8H5ClN3.ClH.Mg/c9-7-3-1-4-10-8(7)12-6-2-5-11-12;;/h1-5H;1H;/q-1;;+2/p-1. The first-order valence-corrected chi connectivity index (χ1v) is 3.78. The summed E-state index contributed by atoms with van der Waals surface area (Å²) < 4.78 is 1.50. The van der Waals surface area contributed by atoms with Gasteiger partial charge in [0.05, 0.1) is 5.82 Å². The van der Waals surface area contributed by atoms with E-state index in [1.807, 2.05) is 0 Å². The number of nitrogens with zero attached hydrogens (tertiary/aromatic N) is 3. The first-order chi connectivity index (χ1) is 5.88. The molecule has 0 atom stereocenters. The van der Waals surface area contributed by atoms with Crippen LogP contribution in [-0.2, 0) is 0 Å². The topological polar surface area (TPSA) is 30.7 Å². The van der Waals surface area contributed by atoms with Gasteiger partial charge >= 0.3 is 23.1 Å². The molecule has 2 heterocycles. The van der Waals surface area contributed by atoms with Crippen LogP contribution in [-0.4, -0.2) is 37.8 Å². The van der Waals surface area contributed by atoms with Gasteiger partial charge in [0.2, 0.25) is 0 Å². The van der Waals surface area contributed by atoms with E-state index in [1.54, 1.807) is 30.6 Å². The maximum absolute atomic E-state index is 5.87. The van der Waals surface area contributed by atoms with Crippen molar-refractivity contribution in [1.29, 1.82) is 0 Å². The zero-order valence-corrected chi connectivity index (χ0v) is 10.1. The first-order valence-electron chi connectivity index (χ1n) is 3.40. The first kappa shape index (κ1) is 13.7. The molecule has 0 aliphatic heterocycles. The minimum Gasteiger partial charge on any atom is -1.00 e. The van der Waals surface area contributed by atoms with E-state index in [9.17, 15) is 0 Å². The predicted molar refractivity (Wildman–Crippen MR) is 51.0 cm³/mol. The monoisotopic (exact) mass is 237 g/mol. The zero-order chi connectivity index (χ0) is 8.39. The Bertz CT molecular complexity index is 378. The van der Waals surface area contributed by atoms with Crippen LogP contribution in [0.25, 0.3) is 5.82 Å². The number of hydrogen-bond acceptors (Lipinski definition) is 2.